The molecule has 0 saturated carbocycles. The molecule has 1 aromatic heterocycles. The maximum absolute atomic E-state index is 13.4. The minimum absolute atomic E-state index is 0.0808. The van der Waals surface area contributed by atoms with Gasteiger partial charge in [0.2, 0.25) is 0 Å². The smallest absolute Gasteiger partial charge is 0.125 e. The average Bonchev–Trinajstić information content (AvgIpc) is 2.68. The summed E-state index contributed by atoms with van der Waals surface area (Å²) in [6.07, 6.45) is 1.72. The van der Waals surface area contributed by atoms with Crippen LogP contribution in [0.3, 0.4) is 0 Å². The lowest BCUT2D eigenvalue weighted by molar-refractivity contribution is 0.471. The fourth-order valence-corrected chi connectivity index (χ4v) is 2.22. The zero-order chi connectivity index (χ0) is 14.0. The molecule has 0 aliphatic heterocycles. The third-order valence-corrected chi connectivity index (χ3v) is 3.51. The molecule has 1 heterocycles. The van der Waals surface area contributed by atoms with E-state index in [0.29, 0.717) is 5.92 Å². The number of aryl methyl sites for hydroxylation is 1. The van der Waals surface area contributed by atoms with Gasteiger partial charge in [-0.2, -0.15) is 0 Å². The van der Waals surface area contributed by atoms with Gasteiger partial charge in [-0.05, 0) is 30.5 Å². The van der Waals surface area contributed by atoms with Crippen LogP contribution >= 0.6 is 0 Å². The summed E-state index contributed by atoms with van der Waals surface area (Å²) < 4.78 is 15.5. The highest BCUT2D eigenvalue weighted by atomic mass is 19.1. The van der Waals surface area contributed by atoms with Gasteiger partial charge in [-0.25, -0.2) is 9.37 Å². The second-order valence-corrected chi connectivity index (χ2v) is 5.42. The minimum atomic E-state index is -0.218. The Labute approximate surface area is 113 Å². The normalized spacial score (nSPS) is 13.4. The van der Waals surface area contributed by atoms with Crippen LogP contribution in [-0.2, 0) is 13.0 Å². The Bertz CT molecular complexity index is 560. The molecule has 0 radical (unpaired) electrons. The van der Waals surface area contributed by atoms with Crippen LogP contribution in [0, 0.1) is 11.7 Å². The number of rotatable bonds is 5. The Hall–Kier alpha value is -1.42. The summed E-state index contributed by atoms with van der Waals surface area (Å²) in [4.78, 5) is 4.61. The Kier molecular flexibility index (Phi) is 4.20. The Balaban J connectivity index is 2.44. The molecule has 0 aliphatic carbocycles. The minimum Gasteiger partial charge on any atom is -0.328 e. The Morgan fingerprint density at radius 2 is 2.11 bits per heavy atom. The maximum atomic E-state index is 13.4. The van der Waals surface area contributed by atoms with Crippen molar-refractivity contribution >= 4 is 11.0 Å². The fourth-order valence-electron chi connectivity index (χ4n) is 2.22. The highest BCUT2D eigenvalue weighted by Gasteiger charge is 2.16. The van der Waals surface area contributed by atoms with E-state index in [-0.39, 0.29) is 11.9 Å². The van der Waals surface area contributed by atoms with Crippen molar-refractivity contribution in [1.29, 1.82) is 0 Å². The first-order valence-electron chi connectivity index (χ1n) is 6.93. The van der Waals surface area contributed by atoms with Crippen molar-refractivity contribution in [1.82, 2.24) is 9.55 Å². The summed E-state index contributed by atoms with van der Waals surface area (Å²) >= 11 is 0. The topological polar surface area (TPSA) is 43.8 Å². The van der Waals surface area contributed by atoms with Crippen molar-refractivity contribution < 1.29 is 4.39 Å². The molecule has 19 heavy (non-hydrogen) atoms. The number of nitrogens with two attached hydrogens (primary N) is 1. The number of hydrogen-bond acceptors (Lipinski definition) is 2. The molecule has 4 heteroatoms. The van der Waals surface area contributed by atoms with Gasteiger partial charge in [0.05, 0.1) is 11.0 Å². The molecule has 2 N–H and O–H groups in total. The van der Waals surface area contributed by atoms with E-state index >= 15 is 0 Å². The molecule has 0 bridgehead atoms. The van der Waals surface area contributed by atoms with Gasteiger partial charge in [0.15, 0.2) is 0 Å². The Morgan fingerprint density at radius 3 is 2.74 bits per heavy atom. The van der Waals surface area contributed by atoms with E-state index in [1.807, 2.05) is 0 Å². The van der Waals surface area contributed by atoms with Crippen molar-refractivity contribution in [3.8, 4) is 0 Å². The lowest BCUT2D eigenvalue weighted by Crippen LogP contribution is -2.30. The number of nitrogens with zero attached hydrogens (tertiary/aromatic N) is 2. The summed E-state index contributed by atoms with van der Waals surface area (Å²) in [7, 11) is 0. The van der Waals surface area contributed by atoms with Gasteiger partial charge in [-0.3, -0.25) is 0 Å². The van der Waals surface area contributed by atoms with Gasteiger partial charge in [-0.1, -0.05) is 20.8 Å². The van der Waals surface area contributed by atoms with Crippen LogP contribution in [0.5, 0.6) is 0 Å². The largest absolute Gasteiger partial charge is 0.328 e. The van der Waals surface area contributed by atoms with E-state index < -0.39 is 0 Å². The predicted octanol–water partition coefficient (Wildman–Crippen LogP) is 3.11. The summed E-state index contributed by atoms with van der Waals surface area (Å²) in [6, 6.07) is 4.83. The molecule has 0 aliphatic rings. The number of halogens is 1. The molecular formula is C15H22FN3. The van der Waals surface area contributed by atoms with E-state index in [9.17, 15) is 4.39 Å². The first-order chi connectivity index (χ1) is 9.02. The second-order valence-electron chi connectivity index (χ2n) is 5.42. The SMILES string of the molecule is CCCn1c(CC(N)C(C)C)nc2ccc(F)cc21. The number of benzene rings is 1. The zero-order valence-corrected chi connectivity index (χ0v) is 11.9. The van der Waals surface area contributed by atoms with Crippen LogP contribution in [0.2, 0.25) is 0 Å². The summed E-state index contributed by atoms with van der Waals surface area (Å²) in [5, 5.41) is 0. The van der Waals surface area contributed by atoms with Gasteiger partial charge in [0, 0.05) is 19.0 Å². The average molecular weight is 263 g/mol. The molecule has 1 atom stereocenters. The molecule has 0 fully saturated rings. The van der Waals surface area contributed by atoms with Crippen LogP contribution in [0.25, 0.3) is 11.0 Å². The standard InChI is InChI=1S/C15H22FN3/c1-4-7-19-14-8-11(16)5-6-13(14)18-15(19)9-12(17)10(2)3/h5-6,8,10,12H,4,7,9,17H2,1-3H3. The molecule has 0 amide bonds. The van der Waals surface area contributed by atoms with Crippen molar-refractivity contribution in [2.45, 2.75) is 46.2 Å². The van der Waals surface area contributed by atoms with Crippen LogP contribution in [0.4, 0.5) is 4.39 Å². The summed E-state index contributed by atoms with van der Waals surface area (Å²) in [5.74, 6) is 1.15. The van der Waals surface area contributed by atoms with Crippen molar-refractivity contribution in [2.75, 3.05) is 0 Å². The Morgan fingerprint density at radius 1 is 1.37 bits per heavy atom. The van der Waals surface area contributed by atoms with Crippen molar-refractivity contribution in [2.24, 2.45) is 11.7 Å². The molecule has 1 aromatic carbocycles. The number of imidazole rings is 1. The first kappa shape index (κ1) is 14.0. The van der Waals surface area contributed by atoms with Gasteiger partial charge in [0.25, 0.3) is 0 Å². The lowest BCUT2D eigenvalue weighted by Gasteiger charge is -2.16. The van der Waals surface area contributed by atoms with Crippen molar-refractivity contribution in [3.63, 3.8) is 0 Å². The molecule has 3 nitrogen and oxygen atoms in total. The molecule has 1 unspecified atom stereocenters. The van der Waals surface area contributed by atoms with Gasteiger partial charge in [0.1, 0.15) is 11.6 Å². The first-order valence-corrected chi connectivity index (χ1v) is 6.93. The third kappa shape index (κ3) is 2.95. The maximum Gasteiger partial charge on any atom is 0.125 e. The van der Waals surface area contributed by atoms with Gasteiger partial charge in [-0.15, -0.1) is 0 Å². The highest BCUT2D eigenvalue weighted by Crippen LogP contribution is 2.20. The molecule has 2 aromatic rings. The lowest BCUT2D eigenvalue weighted by atomic mass is 10.0. The molecule has 0 spiro atoms. The molecule has 2 rings (SSSR count). The second kappa shape index (κ2) is 5.70. The fraction of sp³-hybridized carbons (Fsp3) is 0.533. The number of fused-ring (bicyclic) bond motifs is 1. The van der Waals surface area contributed by atoms with E-state index in [4.69, 9.17) is 5.73 Å². The van der Waals surface area contributed by atoms with Gasteiger partial charge < -0.3 is 10.3 Å². The number of hydrogen-bond donors (Lipinski definition) is 1. The molecule has 0 saturated heterocycles. The monoisotopic (exact) mass is 263 g/mol. The molecule has 104 valence electrons. The number of aromatic nitrogens is 2. The molecular weight excluding hydrogens is 241 g/mol. The highest BCUT2D eigenvalue weighted by molar-refractivity contribution is 5.76. The van der Waals surface area contributed by atoms with E-state index in [2.05, 4.69) is 30.3 Å². The van der Waals surface area contributed by atoms with Crippen LogP contribution in [0.1, 0.15) is 33.0 Å². The van der Waals surface area contributed by atoms with Crippen molar-refractivity contribution in [3.05, 3.63) is 29.8 Å². The van der Waals surface area contributed by atoms with E-state index in [1.54, 1.807) is 12.1 Å². The third-order valence-electron chi connectivity index (χ3n) is 3.51. The predicted molar refractivity (Wildman–Crippen MR) is 76.5 cm³/mol. The summed E-state index contributed by atoms with van der Waals surface area (Å²) in [6.45, 7) is 7.17. The summed E-state index contributed by atoms with van der Waals surface area (Å²) in [5.41, 5.74) is 7.85. The zero-order valence-electron chi connectivity index (χ0n) is 11.9. The van der Waals surface area contributed by atoms with Gasteiger partial charge >= 0.3 is 0 Å². The van der Waals surface area contributed by atoms with E-state index in [0.717, 1.165) is 36.2 Å². The van der Waals surface area contributed by atoms with E-state index in [1.165, 1.54) is 6.07 Å². The van der Waals surface area contributed by atoms with Crippen LogP contribution < -0.4 is 5.73 Å². The van der Waals surface area contributed by atoms with Crippen LogP contribution in [-0.4, -0.2) is 15.6 Å². The quantitative estimate of drug-likeness (QED) is 0.900. The van der Waals surface area contributed by atoms with Crippen LogP contribution in [0.15, 0.2) is 18.2 Å².